The van der Waals surface area contributed by atoms with Crippen molar-refractivity contribution in [2.45, 2.75) is 51.6 Å². The minimum atomic E-state index is 0.0666. The van der Waals surface area contributed by atoms with Gasteiger partial charge in [0.1, 0.15) is 0 Å². The van der Waals surface area contributed by atoms with Crippen LogP contribution in [0.15, 0.2) is 4.52 Å². The monoisotopic (exact) mass is 238 g/mol. The van der Waals surface area contributed by atoms with Gasteiger partial charge in [0.15, 0.2) is 5.82 Å². The van der Waals surface area contributed by atoms with Crippen molar-refractivity contribution in [3.05, 3.63) is 11.7 Å². The highest BCUT2D eigenvalue weighted by atomic mass is 16.5. The number of nitrogens with zero attached hydrogens (tertiary/aromatic N) is 3. The van der Waals surface area contributed by atoms with E-state index in [9.17, 15) is 0 Å². The summed E-state index contributed by atoms with van der Waals surface area (Å²) in [7, 11) is 0. The Morgan fingerprint density at radius 3 is 3.06 bits per heavy atom. The van der Waals surface area contributed by atoms with Crippen LogP contribution in [0.25, 0.3) is 0 Å². The zero-order valence-electron chi connectivity index (χ0n) is 10.7. The molecular formula is C12H22N4O. The molecule has 1 aliphatic heterocycles. The minimum Gasteiger partial charge on any atom is -0.339 e. The van der Waals surface area contributed by atoms with Crippen LogP contribution in [-0.4, -0.2) is 34.2 Å². The molecule has 0 aliphatic carbocycles. The maximum atomic E-state index is 5.73. The van der Waals surface area contributed by atoms with Gasteiger partial charge < -0.3 is 10.3 Å². The Morgan fingerprint density at radius 1 is 1.53 bits per heavy atom. The first-order chi connectivity index (χ1) is 8.20. The Hall–Kier alpha value is -0.940. The van der Waals surface area contributed by atoms with Crippen LogP contribution in [0.1, 0.15) is 50.9 Å². The lowest BCUT2D eigenvalue weighted by Crippen LogP contribution is -2.33. The fraction of sp³-hybridized carbons (Fsp3) is 0.833. The molecule has 1 fully saturated rings. The number of hydrogen-bond donors (Lipinski definition) is 1. The van der Waals surface area contributed by atoms with Crippen molar-refractivity contribution in [3.8, 4) is 0 Å². The SMILES string of the molecule is CCN1CCCCC1c1noc(CC(C)N)n1. The van der Waals surface area contributed by atoms with Crippen molar-refractivity contribution in [2.75, 3.05) is 13.1 Å². The lowest BCUT2D eigenvalue weighted by Gasteiger charge is -2.32. The lowest BCUT2D eigenvalue weighted by molar-refractivity contribution is 0.147. The first-order valence-electron chi connectivity index (χ1n) is 6.52. The Kier molecular flexibility index (Phi) is 4.12. The van der Waals surface area contributed by atoms with Crippen molar-refractivity contribution in [1.29, 1.82) is 0 Å². The molecule has 0 aromatic carbocycles. The third kappa shape index (κ3) is 3.04. The second kappa shape index (κ2) is 5.60. The average molecular weight is 238 g/mol. The summed E-state index contributed by atoms with van der Waals surface area (Å²) in [5.74, 6) is 1.50. The predicted molar refractivity (Wildman–Crippen MR) is 65.5 cm³/mol. The van der Waals surface area contributed by atoms with E-state index < -0.39 is 0 Å². The summed E-state index contributed by atoms with van der Waals surface area (Å²) in [6, 6.07) is 0.399. The van der Waals surface area contributed by atoms with Gasteiger partial charge in [0.25, 0.3) is 0 Å². The van der Waals surface area contributed by atoms with E-state index in [1.807, 2.05) is 6.92 Å². The number of rotatable bonds is 4. The Labute approximate surface area is 102 Å². The Morgan fingerprint density at radius 2 is 2.35 bits per heavy atom. The first kappa shape index (κ1) is 12.5. The molecule has 96 valence electrons. The van der Waals surface area contributed by atoms with Crippen molar-refractivity contribution in [1.82, 2.24) is 15.0 Å². The van der Waals surface area contributed by atoms with Crippen LogP contribution in [-0.2, 0) is 6.42 Å². The van der Waals surface area contributed by atoms with E-state index in [0.29, 0.717) is 18.4 Å². The van der Waals surface area contributed by atoms with Crippen molar-refractivity contribution >= 4 is 0 Å². The molecule has 0 radical (unpaired) electrons. The first-order valence-corrected chi connectivity index (χ1v) is 6.52. The van der Waals surface area contributed by atoms with Crippen LogP contribution in [0.4, 0.5) is 0 Å². The fourth-order valence-electron chi connectivity index (χ4n) is 2.42. The summed E-state index contributed by atoms with van der Waals surface area (Å²) >= 11 is 0. The molecule has 2 atom stereocenters. The van der Waals surface area contributed by atoms with E-state index >= 15 is 0 Å². The summed E-state index contributed by atoms with van der Waals surface area (Å²) in [5.41, 5.74) is 5.73. The van der Waals surface area contributed by atoms with E-state index in [1.165, 1.54) is 12.8 Å². The van der Waals surface area contributed by atoms with Crippen LogP contribution in [0, 0.1) is 0 Å². The smallest absolute Gasteiger partial charge is 0.228 e. The highest BCUT2D eigenvalue weighted by Gasteiger charge is 2.26. The van der Waals surface area contributed by atoms with E-state index in [4.69, 9.17) is 10.3 Å². The molecule has 0 saturated carbocycles. The molecule has 1 saturated heterocycles. The third-order valence-corrected chi connectivity index (χ3v) is 3.30. The summed E-state index contributed by atoms with van der Waals surface area (Å²) in [6.45, 7) is 6.31. The number of likely N-dealkylation sites (tertiary alicyclic amines) is 1. The molecule has 0 spiro atoms. The van der Waals surface area contributed by atoms with Gasteiger partial charge in [-0.15, -0.1) is 0 Å². The minimum absolute atomic E-state index is 0.0666. The van der Waals surface area contributed by atoms with Gasteiger partial charge in [-0.25, -0.2) is 0 Å². The number of nitrogens with two attached hydrogens (primary N) is 1. The maximum absolute atomic E-state index is 5.73. The van der Waals surface area contributed by atoms with E-state index in [-0.39, 0.29) is 6.04 Å². The van der Waals surface area contributed by atoms with Gasteiger partial charge in [0.2, 0.25) is 5.89 Å². The molecule has 1 aliphatic rings. The molecule has 5 nitrogen and oxygen atoms in total. The average Bonchev–Trinajstić information content (AvgIpc) is 2.76. The topological polar surface area (TPSA) is 68.2 Å². The summed E-state index contributed by atoms with van der Waals surface area (Å²) < 4.78 is 5.25. The van der Waals surface area contributed by atoms with Gasteiger partial charge in [-0.1, -0.05) is 18.5 Å². The molecule has 2 unspecified atom stereocenters. The predicted octanol–water partition coefficient (Wildman–Crippen LogP) is 1.51. The molecule has 0 bridgehead atoms. The van der Waals surface area contributed by atoms with Crippen molar-refractivity contribution < 1.29 is 4.52 Å². The van der Waals surface area contributed by atoms with Gasteiger partial charge in [0, 0.05) is 12.5 Å². The molecule has 1 aromatic heterocycles. The Bertz CT molecular complexity index is 350. The van der Waals surface area contributed by atoms with Gasteiger partial charge >= 0.3 is 0 Å². The normalized spacial score (nSPS) is 23.8. The Balaban J connectivity index is 2.07. The second-order valence-corrected chi connectivity index (χ2v) is 4.87. The van der Waals surface area contributed by atoms with E-state index in [1.54, 1.807) is 0 Å². The molecule has 1 aromatic rings. The molecular weight excluding hydrogens is 216 g/mol. The summed E-state index contributed by atoms with van der Waals surface area (Å²) in [5, 5.41) is 4.11. The second-order valence-electron chi connectivity index (χ2n) is 4.87. The van der Waals surface area contributed by atoms with Crippen LogP contribution in [0.2, 0.25) is 0 Å². The van der Waals surface area contributed by atoms with E-state index in [0.717, 1.165) is 25.3 Å². The van der Waals surface area contributed by atoms with Gasteiger partial charge in [-0.2, -0.15) is 4.98 Å². The van der Waals surface area contributed by atoms with Gasteiger partial charge in [-0.3, -0.25) is 4.90 Å². The molecule has 2 N–H and O–H groups in total. The zero-order chi connectivity index (χ0) is 12.3. The maximum Gasteiger partial charge on any atom is 0.228 e. The van der Waals surface area contributed by atoms with E-state index in [2.05, 4.69) is 22.0 Å². The summed E-state index contributed by atoms with van der Waals surface area (Å²) in [4.78, 5) is 6.89. The lowest BCUT2D eigenvalue weighted by atomic mass is 10.0. The van der Waals surface area contributed by atoms with Crippen LogP contribution in [0.3, 0.4) is 0 Å². The van der Waals surface area contributed by atoms with Crippen molar-refractivity contribution in [2.24, 2.45) is 5.73 Å². The highest BCUT2D eigenvalue weighted by molar-refractivity contribution is 4.97. The zero-order valence-corrected chi connectivity index (χ0v) is 10.7. The number of aromatic nitrogens is 2. The molecule has 17 heavy (non-hydrogen) atoms. The number of hydrogen-bond acceptors (Lipinski definition) is 5. The largest absolute Gasteiger partial charge is 0.339 e. The summed E-state index contributed by atoms with van der Waals surface area (Å²) in [6.07, 6.45) is 4.31. The molecule has 0 amide bonds. The van der Waals surface area contributed by atoms with Crippen LogP contribution in [0.5, 0.6) is 0 Å². The van der Waals surface area contributed by atoms with Crippen LogP contribution >= 0.6 is 0 Å². The van der Waals surface area contributed by atoms with Crippen LogP contribution < -0.4 is 5.73 Å². The third-order valence-electron chi connectivity index (χ3n) is 3.30. The standard InChI is InChI=1S/C12H22N4O/c1-3-16-7-5-4-6-10(16)12-14-11(17-15-12)8-9(2)13/h9-10H,3-8,13H2,1-2H3. The highest BCUT2D eigenvalue weighted by Crippen LogP contribution is 2.28. The van der Waals surface area contributed by atoms with Gasteiger partial charge in [-0.05, 0) is 32.9 Å². The molecule has 2 rings (SSSR count). The van der Waals surface area contributed by atoms with Crippen molar-refractivity contribution in [3.63, 3.8) is 0 Å². The van der Waals surface area contributed by atoms with Gasteiger partial charge in [0.05, 0.1) is 6.04 Å². The molecule has 5 heteroatoms. The quantitative estimate of drug-likeness (QED) is 0.861. The molecule has 2 heterocycles. The fourth-order valence-corrected chi connectivity index (χ4v) is 2.42. The number of piperidine rings is 1.